The molecule has 0 radical (unpaired) electrons. The van der Waals surface area contributed by atoms with E-state index in [0.717, 1.165) is 30.3 Å². The molecule has 0 bridgehead atoms. The van der Waals surface area contributed by atoms with Gasteiger partial charge in [0.25, 0.3) is 0 Å². The van der Waals surface area contributed by atoms with E-state index in [1.54, 1.807) is 0 Å². The van der Waals surface area contributed by atoms with E-state index in [1.165, 1.54) is 11.1 Å². The van der Waals surface area contributed by atoms with Gasteiger partial charge in [-0.05, 0) is 47.9 Å². The Balaban J connectivity index is 1.35. The minimum Gasteiger partial charge on any atom is -0.491 e. The van der Waals surface area contributed by atoms with E-state index in [0.29, 0.717) is 13.2 Å². The van der Waals surface area contributed by atoms with Crippen molar-refractivity contribution in [2.75, 3.05) is 26.4 Å². The van der Waals surface area contributed by atoms with E-state index in [2.05, 4.69) is 37.3 Å². The Morgan fingerprint density at radius 2 is 1.36 bits per heavy atom. The first-order valence-electron chi connectivity index (χ1n) is 8.64. The third-order valence-electron chi connectivity index (χ3n) is 4.25. The zero-order chi connectivity index (χ0) is 17.1. The van der Waals surface area contributed by atoms with Crippen LogP contribution in [0.3, 0.4) is 0 Å². The molecule has 2 aromatic rings. The third kappa shape index (κ3) is 4.84. The maximum absolute atomic E-state index is 5.67. The summed E-state index contributed by atoms with van der Waals surface area (Å²) in [6.07, 6.45) is 2.73. The van der Waals surface area contributed by atoms with Crippen LogP contribution in [0.1, 0.15) is 18.1 Å². The van der Waals surface area contributed by atoms with Crippen molar-refractivity contribution in [3.63, 3.8) is 0 Å². The van der Waals surface area contributed by atoms with E-state index in [1.807, 2.05) is 24.3 Å². The second kappa shape index (κ2) is 7.30. The maximum Gasteiger partial charge on any atom is 0.119 e. The molecule has 2 aliphatic heterocycles. The lowest BCUT2D eigenvalue weighted by atomic mass is 10.0. The van der Waals surface area contributed by atoms with Crippen molar-refractivity contribution in [1.82, 2.24) is 0 Å². The molecular formula is C21H22O4. The summed E-state index contributed by atoms with van der Waals surface area (Å²) in [7, 11) is 0. The van der Waals surface area contributed by atoms with Gasteiger partial charge in [0.1, 0.15) is 36.9 Å². The Labute approximate surface area is 148 Å². The zero-order valence-electron chi connectivity index (χ0n) is 14.3. The predicted molar refractivity (Wildman–Crippen MR) is 96.9 cm³/mol. The maximum atomic E-state index is 5.67. The molecule has 2 unspecified atom stereocenters. The number of allylic oxidation sites excluding steroid dienone is 1. The summed E-state index contributed by atoms with van der Waals surface area (Å²) in [6.45, 7) is 5.02. The van der Waals surface area contributed by atoms with Crippen LogP contribution in [0, 0.1) is 0 Å². The zero-order valence-corrected chi connectivity index (χ0v) is 14.3. The van der Waals surface area contributed by atoms with E-state index in [-0.39, 0.29) is 12.2 Å². The van der Waals surface area contributed by atoms with Crippen LogP contribution in [0.4, 0.5) is 0 Å². The molecule has 0 aromatic heterocycles. The fraction of sp³-hybridized carbons (Fsp3) is 0.333. The van der Waals surface area contributed by atoms with E-state index in [4.69, 9.17) is 18.9 Å². The second-order valence-corrected chi connectivity index (χ2v) is 6.45. The monoisotopic (exact) mass is 338 g/mol. The van der Waals surface area contributed by atoms with Crippen LogP contribution in [-0.2, 0) is 9.47 Å². The molecule has 2 atom stereocenters. The highest BCUT2D eigenvalue weighted by atomic mass is 16.6. The second-order valence-electron chi connectivity index (χ2n) is 6.45. The molecular weight excluding hydrogens is 316 g/mol. The Kier molecular flexibility index (Phi) is 4.72. The summed E-state index contributed by atoms with van der Waals surface area (Å²) in [5.74, 6) is 1.76. The normalized spacial score (nSPS) is 21.7. The number of ether oxygens (including phenoxy) is 4. The van der Waals surface area contributed by atoms with E-state index < -0.39 is 0 Å². The van der Waals surface area contributed by atoms with E-state index >= 15 is 0 Å². The Hall–Kier alpha value is -2.30. The Morgan fingerprint density at radius 1 is 0.880 bits per heavy atom. The van der Waals surface area contributed by atoms with Gasteiger partial charge in [0.05, 0.1) is 13.2 Å². The fourth-order valence-electron chi connectivity index (χ4n) is 2.51. The molecule has 2 aromatic carbocycles. The van der Waals surface area contributed by atoms with Crippen LogP contribution in [-0.4, -0.2) is 38.6 Å². The van der Waals surface area contributed by atoms with Crippen molar-refractivity contribution in [2.45, 2.75) is 19.1 Å². The number of hydrogen-bond acceptors (Lipinski definition) is 4. The molecule has 0 spiro atoms. The highest BCUT2D eigenvalue weighted by Gasteiger charge is 2.23. The molecule has 0 N–H and O–H groups in total. The molecule has 0 aliphatic carbocycles. The molecule has 2 fully saturated rings. The summed E-state index contributed by atoms with van der Waals surface area (Å²) in [6, 6.07) is 16.3. The Morgan fingerprint density at radius 3 is 1.84 bits per heavy atom. The molecule has 0 amide bonds. The summed E-state index contributed by atoms with van der Waals surface area (Å²) in [5.41, 5.74) is 3.54. The lowest BCUT2D eigenvalue weighted by Crippen LogP contribution is -2.03. The number of benzene rings is 2. The van der Waals surface area contributed by atoms with Crippen LogP contribution in [0.5, 0.6) is 11.5 Å². The van der Waals surface area contributed by atoms with Gasteiger partial charge < -0.3 is 18.9 Å². The molecule has 4 heteroatoms. The third-order valence-corrected chi connectivity index (χ3v) is 4.25. The van der Waals surface area contributed by atoms with Gasteiger partial charge in [-0.25, -0.2) is 0 Å². The van der Waals surface area contributed by atoms with Crippen molar-refractivity contribution < 1.29 is 18.9 Å². The van der Waals surface area contributed by atoms with Gasteiger partial charge >= 0.3 is 0 Å². The van der Waals surface area contributed by atoms with Crippen molar-refractivity contribution in [1.29, 1.82) is 0 Å². The van der Waals surface area contributed by atoms with Crippen LogP contribution < -0.4 is 9.47 Å². The first kappa shape index (κ1) is 16.2. The molecule has 2 heterocycles. The minimum absolute atomic E-state index is 0.282. The number of hydrogen-bond donors (Lipinski definition) is 0. The molecule has 2 saturated heterocycles. The van der Waals surface area contributed by atoms with Gasteiger partial charge in [-0.15, -0.1) is 0 Å². The van der Waals surface area contributed by atoms with Crippen molar-refractivity contribution in [3.8, 4) is 11.5 Å². The van der Waals surface area contributed by atoms with E-state index in [9.17, 15) is 0 Å². The van der Waals surface area contributed by atoms with Gasteiger partial charge in [-0.2, -0.15) is 0 Å². The molecule has 0 saturated carbocycles. The smallest absolute Gasteiger partial charge is 0.119 e. The van der Waals surface area contributed by atoms with Gasteiger partial charge in [-0.3, -0.25) is 0 Å². The van der Waals surface area contributed by atoms with Crippen LogP contribution >= 0.6 is 0 Å². The van der Waals surface area contributed by atoms with Crippen molar-refractivity contribution >= 4 is 11.6 Å². The Bertz CT molecular complexity index is 725. The standard InChI is InChI=1S/C21H22O4/c1-15(17-4-8-19(9-5-17)23-12-21-14-25-21)10-16-2-6-18(7-3-16)22-11-20-13-24-20/h2-10,20-21H,11-14H2,1H3/b15-10-. The first-order valence-corrected chi connectivity index (χ1v) is 8.64. The average molecular weight is 338 g/mol. The molecule has 2 aliphatic rings. The summed E-state index contributed by atoms with van der Waals surface area (Å²) >= 11 is 0. The largest absolute Gasteiger partial charge is 0.491 e. The van der Waals surface area contributed by atoms with Crippen molar-refractivity contribution in [3.05, 3.63) is 59.7 Å². The summed E-state index contributed by atoms with van der Waals surface area (Å²) < 4.78 is 21.6. The van der Waals surface area contributed by atoms with Crippen LogP contribution in [0.15, 0.2) is 48.5 Å². The first-order chi connectivity index (χ1) is 12.3. The van der Waals surface area contributed by atoms with Gasteiger partial charge in [0.15, 0.2) is 0 Å². The molecule has 25 heavy (non-hydrogen) atoms. The topological polar surface area (TPSA) is 43.5 Å². The van der Waals surface area contributed by atoms with Gasteiger partial charge in [0, 0.05) is 0 Å². The van der Waals surface area contributed by atoms with Crippen molar-refractivity contribution in [2.24, 2.45) is 0 Å². The fourth-order valence-corrected chi connectivity index (χ4v) is 2.51. The molecule has 4 rings (SSSR count). The molecule has 130 valence electrons. The number of epoxide rings is 2. The highest BCUT2D eigenvalue weighted by molar-refractivity contribution is 5.80. The quantitative estimate of drug-likeness (QED) is 0.542. The summed E-state index contributed by atoms with van der Waals surface area (Å²) in [4.78, 5) is 0. The lowest BCUT2D eigenvalue weighted by molar-refractivity contribution is 0.263. The van der Waals surface area contributed by atoms with Gasteiger partial charge in [0.2, 0.25) is 0 Å². The highest BCUT2D eigenvalue weighted by Crippen LogP contribution is 2.23. The lowest BCUT2D eigenvalue weighted by Gasteiger charge is -2.07. The average Bonchev–Trinajstić information content (AvgIpc) is 3.55. The van der Waals surface area contributed by atoms with Crippen LogP contribution in [0.25, 0.3) is 11.6 Å². The minimum atomic E-state index is 0.282. The van der Waals surface area contributed by atoms with Crippen LogP contribution in [0.2, 0.25) is 0 Å². The molecule has 4 nitrogen and oxygen atoms in total. The van der Waals surface area contributed by atoms with Gasteiger partial charge in [-0.1, -0.05) is 30.3 Å². The predicted octanol–water partition coefficient (Wildman–Crippen LogP) is 3.80. The summed E-state index contributed by atoms with van der Waals surface area (Å²) in [5, 5.41) is 0. The SMILES string of the molecule is C/C(=C/c1ccc(OCC2CO2)cc1)c1ccc(OCC2CO2)cc1. The number of rotatable bonds is 8.